The van der Waals surface area contributed by atoms with E-state index in [0.29, 0.717) is 31.0 Å². The fraction of sp³-hybridized carbons (Fsp3) is 0.417. The number of halogens is 2. The third-order valence-electron chi connectivity index (χ3n) is 5.45. The Balaban J connectivity index is 0.00000341. The largest absolute Gasteiger partial charge is 0.357 e. The summed E-state index contributed by atoms with van der Waals surface area (Å²) < 4.78 is 13.9. The third-order valence-corrected chi connectivity index (χ3v) is 5.45. The van der Waals surface area contributed by atoms with Crippen LogP contribution in [0, 0.1) is 12.7 Å². The van der Waals surface area contributed by atoms with E-state index in [2.05, 4.69) is 22.8 Å². The number of hydrogen-bond donors (Lipinski definition) is 2. The van der Waals surface area contributed by atoms with Gasteiger partial charge in [-0.3, -0.25) is 4.79 Å². The van der Waals surface area contributed by atoms with Gasteiger partial charge >= 0.3 is 0 Å². The van der Waals surface area contributed by atoms with Gasteiger partial charge in [-0.15, -0.1) is 24.0 Å². The Kier molecular flexibility index (Phi) is 9.74. The van der Waals surface area contributed by atoms with Crippen molar-refractivity contribution in [2.24, 2.45) is 4.99 Å². The average molecular weight is 538 g/mol. The number of carbonyl (C=O) groups is 1. The van der Waals surface area contributed by atoms with Gasteiger partial charge in [0, 0.05) is 26.1 Å². The lowest BCUT2D eigenvalue weighted by Gasteiger charge is -2.20. The van der Waals surface area contributed by atoms with Crippen LogP contribution in [0.4, 0.5) is 4.39 Å². The van der Waals surface area contributed by atoms with Crippen LogP contribution in [-0.2, 0) is 17.9 Å². The molecule has 0 aliphatic carbocycles. The summed E-state index contributed by atoms with van der Waals surface area (Å²) >= 11 is 0. The molecule has 1 saturated heterocycles. The van der Waals surface area contributed by atoms with Crippen molar-refractivity contribution in [1.29, 1.82) is 0 Å². The molecule has 1 aliphatic heterocycles. The van der Waals surface area contributed by atoms with Crippen molar-refractivity contribution < 1.29 is 9.18 Å². The number of amides is 1. The highest BCUT2D eigenvalue weighted by Gasteiger charge is 2.20. The molecule has 31 heavy (non-hydrogen) atoms. The molecule has 1 heterocycles. The van der Waals surface area contributed by atoms with Gasteiger partial charge in [-0.05, 0) is 55.5 Å². The normalized spacial score (nSPS) is 14.9. The van der Waals surface area contributed by atoms with Crippen molar-refractivity contribution in [2.45, 2.75) is 52.7 Å². The van der Waals surface area contributed by atoms with E-state index in [1.54, 1.807) is 19.1 Å². The highest BCUT2D eigenvalue weighted by molar-refractivity contribution is 14.0. The molecule has 1 fully saturated rings. The van der Waals surface area contributed by atoms with Gasteiger partial charge in [-0.2, -0.15) is 0 Å². The highest BCUT2D eigenvalue weighted by atomic mass is 127. The summed E-state index contributed by atoms with van der Waals surface area (Å²) in [7, 11) is 0. The maximum Gasteiger partial charge on any atom is 0.222 e. The number of carbonyl (C=O) groups excluding carboxylic acids is 1. The molecular weight excluding hydrogens is 506 g/mol. The van der Waals surface area contributed by atoms with Gasteiger partial charge in [0.15, 0.2) is 5.96 Å². The Morgan fingerprint density at radius 1 is 1.23 bits per heavy atom. The first-order chi connectivity index (χ1) is 14.5. The first-order valence-electron chi connectivity index (χ1n) is 10.6. The number of hydrogen-bond acceptors (Lipinski definition) is 2. The third kappa shape index (κ3) is 6.92. The summed E-state index contributed by atoms with van der Waals surface area (Å²) in [6, 6.07) is 13.3. The Hall–Kier alpha value is -2.16. The molecule has 2 aromatic rings. The quantitative estimate of drug-likeness (QED) is 0.306. The lowest BCUT2D eigenvalue weighted by Crippen LogP contribution is -2.38. The summed E-state index contributed by atoms with van der Waals surface area (Å²) in [6.45, 7) is 8.45. The summed E-state index contributed by atoms with van der Waals surface area (Å²) in [6.07, 6.45) is 1.58. The number of guanidine groups is 1. The van der Waals surface area contributed by atoms with E-state index < -0.39 is 0 Å². The van der Waals surface area contributed by atoms with Gasteiger partial charge in [0.05, 0.1) is 12.6 Å². The fourth-order valence-electron chi connectivity index (χ4n) is 3.59. The van der Waals surface area contributed by atoms with Crippen LogP contribution in [0.15, 0.2) is 47.5 Å². The second-order valence-corrected chi connectivity index (χ2v) is 7.76. The fourth-order valence-corrected chi connectivity index (χ4v) is 3.59. The Morgan fingerprint density at radius 3 is 2.61 bits per heavy atom. The molecule has 1 amide bonds. The Labute approximate surface area is 201 Å². The second kappa shape index (κ2) is 12.0. The van der Waals surface area contributed by atoms with E-state index in [-0.39, 0.29) is 41.7 Å². The van der Waals surface area contributed by atoms with Crippen LogP contribution in [0.25, 0.3) is 0 Å². The minimum atomic E-state index is -0.200. The van der Waals surface area contributed by atoms with Gasteiger partial charge in [0.25, 0.3) is 0 Å². The first kappa shape index (κ1) is 25.1. The smallest absolute Gasteiger partial charge is 0.222 e. The molecule has 2 N–H and O–H groups in total. The van der Waals surface area contributed by atoms with Crippen LogP contribution in [0.1, 0.15) is 55.0 Å². The van der Waals surface area contributed by atoms with Crippen molar-refractivity contribution in [3.05, 3.63) is 70.5 Å². The number of nitrogens with zero attached hydrogens (tertiary/aromatic N) is 2. The molecule has 0 radical (unpaired) electrons. The predicted molar refractivity (Wildman–Crippen MR) is 134 cm³/mol. The van der Waals surface area contributed by atoms with Crippen molar-refractivity contribution >= 4 is 35.8 Å². The minimum absolute atomic E-state index is 0. The second-order valence-electron chi connectivity index (χ2n) is 7.76. The maximum atomic E-state index is 13.9. The minimum Gasteiger partial charge on any atom is -0.357 e. The van der Waals surface area contributed by atoms with E-state index >= 15 is 0 Å². The lowest BCUT2D eigenvalue weighted by atomic mass is 10.1. The van der Waals surface area contributed by atoms with Gasteiger partial charge in [0.1, 0.15) is 5.82 Å². The van der Waals surface area contributed by atoms with E-state index in [1.165, 1.54) is 0 Å². The summed E-state index contributed by atoms with van der Waals surface area (Å²) in [4.78, 5) is 18.7. The Morgan fingerprint density at radius 2 is 1.97 bits per heavy atom. The number of aryl methyl sites for hydroxylation is 1. The summed E-state index contributed by atoms with van der Waals surface area (Å²) in [5, 5.41) is 6.62. The number of rotatable bonds is 7. The topological polar surface area (TPSA) is 56.7 Å². The molecule has 1 aliphatic rings. The van der Waals surface area contributed by atoms with Crippen molar-refractivity contribution in [3.8, 4) is 0 Å². The zero-order chi connectivity index (χ0) is 21.5. The van der Waals surface area contributed by atoms with E-state index in [0.717, 1.165) is 36.2 Å². The van der Waals surface area contributed by atoms with Crippen LogP contribution < -0.4 is 10.6 Å². The van der Waals surface area contributed by atoms with E-state index in [9.17, 15) is 9.18 Å². The number of benzene rings is 2. The van der Waals surface area contributed by atoms with E-state index in [4.69, 9.17) is 4.99 Å². The van der Waals surface area contributed by atoms with Crippen LogP contribution in [0.2, 0.25) is 0 Å². The van der Waals surface area contributed by atoms with Gasteiger partial charge in [-0.1, -0.05) is 36.4 Å². The molecule has 5 nitrogen and oxygen atoms in total. The van der Waals surface area contributed by atoms with Crippen LogP contribution in [0.5, 0.6) is 0 Å². The molecule has 1 atom stereocenters. The van der Waals surface area contributed by atoms with Gasteiger partial charge in [-0.25, -0.2) is 9.38 Å². The van der Waals surface area contributed by atoms with Gasteiger partial charge < -0.3 is 15.5 Å². The van der Waals surface area contributed by atoms with Crippen LogP contribution in [0.3, 0.4) is 0 Å². The molecule has 168 valence electrons. The van der Waals surface area contributed by atoms with E-state index in [1.807, 2.05) is 36.9 Å². The average Bonchev–Trinajstić information content (AvgIpc) is 3.13. The van der Waals surface area contributed by atoms with Crippen molar-refractivity contribution in [3.63, 3.8) is 0 Å². The summed E-state index contributed by atoms with van der Waals surface area (Å²) in [5.41, 5.74) is 3.74. The monoisotopic (exact) mass is 538 g/mol. The Bertz CT molecular complexity index is 918. The number of nitrogens with one attached hydrogen (secondary N) is 2. The molecule has 0 bridgehead atoms. The standard InChI is InChI=1S/C24H31FN4O.HI/c1-4-26-24(28-18(3)19-12-11-17(2)22(25)14-19)27-15-20-8-5-6-9-21(20)16-29-13-7-10-23(29)30;/h5-6,8-9,11-12,14,18H,4,7,10,13,15-16H2,1-3H3,(H2,26,27,28);1H. The molecule has 0 aromatic heterocycles. The van der Waals surface area contributed by atoms with Crippen LogP contribution in [-0.4, -0.2) is 29.9 Å². The van der Waals surface area contributed by atoms with Gasteiger partial charge in [0.2, 0.25) is 5.91 Å². The van der Waals surface area contributed by atoms with Crippen LogP contribution >= 0.6 is 24.0 Å². The molecule has 1 unspecified atom stereocenters. The molecule has 0 spiro atoms. The molecular formula is C24H32FIN4O. The first-order valence-corrected chi connectivity index (χ1v) is 10.6. The predicted octanol–water partition coefficient (Wildman–Crippen LogP) is 4.69. The van der Waals surface area contributed by atoms with Crippen molar-refractivity contribution in [1.82, 2.24) is 15.5 Å². The van der Waals surface area contributed by atoms with Crippen molar-refractivity contribution in [2.75, 3.05) is 13.1 Å². The molecule has 0 saturated carbocycles. The zero-order valence-corrected chi connectivity index (χ0v) is 20.8. The highest BCUT2D eigenvalue weighted by Crippen LogP contribution is 2.19. The maximum absolute atomic E-state index is 13.9. The number of likely N-dealkylation sites (tertiary alicyclic amines) is 1. The SMILES string of the molecule is CCNC(=NCc1ccccc1CN1CCCC1=O)NC(C)c1ccc(C)c(F)c1.I. The molecule has 3 rings (SSSR count). The number of aliphatic imine (C=N–C) groups is 1. The molecule has 2 aromatic carbocycles. The summed E-state index contributed by atoms with van der Waals surface area (Å²) in [5.74, 6) is 0.703. The zero-order valence-electron chi connectivity index (χ0n) is 18.5. The molecule has 7 heteroatoms. The lowest BCUT2D eigenvalue weighted by molar-refractivity contribution is -0.128.